The van der Waals surface area contributed by atoms with E-state index < -0.39 is 17.5 Å². The van der Waals surface area contributed by atoms with Gasteiger partial charge in [-0.1, -0.05) is 42.5 Å². The number of carbonyl (C=O) groups is 2. The van der Waals surface area contributed by atoms with Crippen LogP contribution in [0.15, 0.2) is 54.6 Å². The minimum Gasteiger partial charge on any atom is -0.399 e. The zero-order chi connectivity index (χ0) is 14.2. The van der Waals surface area contributed by atoms with Gasteiger partial charge in [0.1, 0.15) is 0 Å². The van der Waals surface area contributed by atoms with Crippen LogP contribution in [0.1, 0.15) is 11.1 Å². The Morgan fingerprint density at radius 3 is 2.00 bits per heavy atom. The van der Waals surface area contributed by atoms with Crippen molar-refractivity contribution in [1.29, 1.82) is 0 Å². The van der Waals surface area contributed by atoms with Gasteiger partial charge in [0.05, 0.1) is 0 Å². The molecule has 1 saturated heterocycles. The molecule has 2 aromatic rings. The number of hydrogen-bond acceptors (Lipinski definition) is 3. The van der Waals surface area contributed by atoms with Crippen molar-refractivity contribution in [1.82, 2.24) is 10.6 Å². The van der Waals surface area contributed by atoms with Crippen molar-refractivity contribution in [2.75, 3.05) is 5.73 Å². The van der Waals surface area contributed by atoms with Crippen LogP contribution in [0.5, 0.6) is 0 Å². The fourth-order valence-electron chi connectivity index (χ4n) is 2.45. The highest BCUT2D eigenvalue weighted by molar-refractivity contribution is 6.09. The molecular formula is C15H13N3O2. The Kier molecular flexibility index (Phi) is 2.68. The summed E-state index contributed by atoms with van der Waals surface area (Å²) in [5.74, 6) is -0.390. The molecule has 0 saturated carbocycles. The van der Waals surface area contributed by atoms with Crippen molar-refractivity contribution in [3.05, 3.63) is 65.7 Å². The largest absolute Gasteiger partial charge is 0.399 e. The van der Waals surface area contributed by atoms with E-state index in [0.29, 0.717) is 16.8 Å². The summed E-state index contributed by atoms with van der Waals surface area (Å²) in [5.41, 5.74) is 6.45. The average Bonchev–Trinajstić information content (AvgIpc) is 2.76. The maximum absolute atomic E-state index is 12.4. The third-order valence-corrected chi connectivity index (χ3v) is 3.42. The van der Waals surface area contributed by atoms with Crippen LogP contribution in [0.4, 0.5) is 10.5 Å². The van der Waals surface area contributed by atoms with Gasteiger partial charge in [-0.25, -0.2) is 4.79 Å². The minimum atomic E-state index is -1.20. The molecule has 1 aliphatic rings. The highest BCUT2D eigenvalue weighted by Crippen LogP contribution is 2.32. The second kappa shape index (κ2) is 4.38. The first-order valence-corrected chi connectivity index (χ1v) is 6.18. The molecule has 1 atom stereocenters. The van der Waals surface area contributed by atoms with Crippen LogP contribution in [-0.4, -0.2) is 11.9 Å². The SMILES string of the molecule is Nc1ccc(C2(c3ccccc3)NC(=O)NC2=O)cc1. The Morgan fingerprint density at radius 2 is 1.45 bits per heavy atom. The number of carbonyl (C=O) groups excluding carboxylic acids is 2. The number of hydrogen-bond donors (Lipinski definition) is 3. The molecule has 2 aromatic carbocycles. The summed E-state index contributed by atoms with van der Waals surface area (Å²) >= 11 is 0. The minimum absolute atomic E-state index is 0.390. The van der Waals surface area contributed by atoms with E-state index in [9.17, 15) is 9.59 Å². The van der Waals surface area contributed by atoms with Crippen molar-refractivity contribution in [2.45, 2.75) is 5.54 Å². The Labute approximate surface area is 115 Å². The van der Waals surface area contributed by atoms with Gasteiger partial charge in [0.2, 0.25) is 0 Å². The van der Waals surface area contributed by atoms with E-state index in [4.69, 9.17) is 5.73 Å². The first-order chi connectivity index (χ1) is 9.63. The first kappa shape index (κ1) is 12.2. The van der Waals surface area contributed by atoms with Gasteiger partial charge in [0, 0.05) is 5.69 Å². The van der Waals surface area contributed by atoms with E-state index in [1.54, 1.807) is 24.3 Å². The van der Waals surface area contributed by atoms with E-state index >= 15 is 0 Å². The highest BCUT2D eigenvalue weighted by Gasteiger charge is 2.49. The van der Waals surface area contributed by atoms with Crippen LogP contribution in [0.25, 0.3) is 0 Å². The maximum Gasteiger partial charge on any atom is 0.322 e. The zero-order valence-corrected chi connectivity index (χ0v) is 10.6. The fraction of sp³-hybridized carbons (Fsp3) is 0.0667. The van der Waals surface area contributed by atoms with Crippen molar-refractivity contribution >= 4 is 17.6 Å². The van der Waals surface area contributed by atoms with Gasteiger partial charge in [0.15, 0.2) is 5.54 Å². The summed E-state index contributed by atoms with van der Waals surface area (Å²) < 4.78 is 0. The van der Waals surface area contributed by atoms with Crippen LogP contribution in [0, 0.1) is 0 Å². The number of anilines is 1. The molecule has 0 radical (unpaired) electrons. The van der Waals surface area contributed by atoms with Crippen molar-refractivity contribution < 1.29 is 9.59 Å². The Balaban J connectivity index is 2.21. The summed E-state index contributed by atoms with van der Waals surface area (Å²) in [6.07, 6.45) is 0. The lowest BCUT2D eigenvalue weighted by atomic mass is 9.83. The molecule has 1 fully saturated rings. The van der Waals surface area contributed by atoms with Gasteiger partial charge in [-0.15, -0.1) is 0 Å². The van der Waals surface area contributed by atoms with E-state index in [1.165, 1.54) is 0 Å². The van der Waals surface area contributed by atoms with Gasteiger partial charge in [-0.3, -0.25) is 10.1 Å². The van der Waals surface area contributed by atoms with Crippen LogP contribution in [-0.2, 0) is 10.3 Å². The lowest BCUT2D eigenvalue weighted by Crippen LogP contribution is -2.44. The van der Waals surface area contributed by atoms with Crippen LogP contribution >= 0.6 is 0 Å². The summed E-state index contributed by atoms with van der Waals surface area (Å²) in [7, 11) is 0. The normalized spacial score (nSPS) is 21.4. The quantitative estimate of drug-likeness (QED) is 0.567. The Bertz CT molecular complexity index is 667. The van der Waals surface area contributed by atoms with E-state index in [1.807, 2.05) is 30.3 Å². The number of amides is 3. The number of imide groups is 1. The highest BCUT2D eigenvalue weighted by atomic mass is 16.2. The molecule has 4 N–H and O–H groups in total. The molecule has 5 heteroatoms. The summed E-state index contributed by atoms with van der Waals surface area (Å²) in [6.45, 7) is 0. The third kappa shape index (κ3) is 1.72. The second-order valence-electron chi connectivity index (χ2n) is 4.65. The van der Waals surface area contributed by atoms with Crippen molar-refractivity contribution in [3.63, 3.8) is 0 Å². The molecule has 100 valence electrons. The summed E-state index contributed by atoms with van der Waals surface area (Å²) in [4.78, 5) is 24.0. The van der Waals surface area contributed by atoms with Gasteiger partial charge < -0.3 is 11.1 Å². The molecule has 20 heavy (non-hydrogen) atoms. The molecule has 1 unspecified atom stereocenters. The monoisotopic (exact) mass is 267 g/mol. The molecule has 0 aromatic heterocycles. The molecule has 0 spiro atoms. The van der Waals surface area contributed by atoms with Gasteiger partial charge in [-0.2, -0.15) is 0 Å². The zero-order valence-electron chi connectivity index (χ0n) is 10.6. The molecular weight excluding hydrogens is 254 g/mol. The van der Waals surface area contributed by atoms with E-state index in [2.05, 4.69) is 10.6 Å². The maximum atomic E-state index is 12.4. The number of rotatable bonds is 2. The van der Waals surface area contributed by atoms with Crippen LogP contribution < -0.4 is 16.4 Å². The number of benzene rings is 2. The Hall–Kier alpha value is -2.82. The van der Waals surface area contributed by atoms with Crippen molar-refractivity contribution in [3.8, 4) is 0 Å². The lowest BCUT2D eigenvalue weighted by Gasteiger charge is -2.27. The Morgan fingerprint density at radius 1 is 0.850 bits per heavy atom. The summed E-state index contributed by atoms with van der Waals surface area (Å²) in [6, 6.07) is 15.5. The van der Waals surface area contributed by atoms with Crippen molar-refractivity contribution in [2.24, 2.45) is 0 Å². The molecule has 0 bridgehead atoms. The van der Waals surface area contributed by atoms with Gasteiger partial charge in [0.25, 0.3) is 5.91 Å². The number of nitrogen functional groups attached to an aromatic ring is 1. The topological polar surface area (TPSA) is 84.2 Å². The van der Waals surface area contributed by atoms with E-state index in [0.717, 1.165) is 0 Å². The van der Waals surface area contributed by atoms with E-state index in [-0.39, 0.29) is 0 Å². The smallest absolute Gasteiger partial charge is 0.322 e. The first-order valence-electron chi connectivity index (χ1n) is 6.18. The fourth-order valence-corrected chi connectivity index (χ4v) is 2.45. The van der Waals surface area contributed by atoms with Gasteiger partial charge in [-0.05, 0) is 23.3 Å². The van der Waals surface area contributed by atoms with Gasteiger partial charge >= 0.3 is 6.03 Å². The number of urea groups is 1. The third-order valence-electron chi connectivity index (χ3n) is 3.42. The standard InChI is InChI=1S/C15H13N3O2/c16-12-8-6-11(7-9-12)15(10-4-2-1-3-5-10)13(19)17-14(20)18-15/h1-9H,16H2,(H2,17,18,19,20). The predicted molar refractivity (Wildman–Crippen MR) is 74.8 cm³/mol. The van der Waals surface area contributed by atoms with Crippen LogP contribution in [0.3, 0.4) is 0 Å². The molecule has 1 aliphatic heterocycles. The van der Waals surface area contributed by atoms with Crippen LogP contribution in [0.2, 0.25) is 0 Å². The average molecular weight is 267 g/mol. The number of nitrogens with one attached hydrogen (secondary N) is 2. The summed E-state index contributed by atoms with van der Waals surface area (Å²) in [5, 5.41) is 5.03. The molecule has 5 nitrogen and oxygen atoms in total. The lowest BCUT2D eigenvalue weighted by molar-refractivity contribution is -0.122. The predicted octanol–water partition coefficient (Wildman–Crippen LogP) is 1.35. The molecule has 1 heterocycles. The number of nitrogens with two attached hydrogens (primary N) is 1. The second-order valence-corrected chi connectivity index (χ2v) is 4.65. The molecule has 3 rings (SSSR count). The molecule has 3 amide bonds. The molecule has 0 aliphatic carbocycles.